The van der Waals surface area contributed by atoms with E-state index in [-0.39, 0.29) is 73.3 Å². The maximum atomic E-state index is 13.3. The van der Waals surface area contributed by atoms with Crippen molar-refractivity contribution in [3.8, 4) is 0 Å². The normalized spacial score (nSPS) is 24.4. The van der Waals surface area contributed by atoms with Crippen molar-refractivity contribution in [3.63, 3.8) is 0 Å². The van der Waals surface area contributed by atoms with Crippen LogP contribution in [0.25, 0.3) is 0 Å². The lowest BCUT2D eigenvalue weighted by atomic mass is 9.85. The highest BCUT2D eigenvalue weighted by Crippen LogP contribution is 2.36. The molecule has 0 spiro atoms. The van der Waals surface area contributed by atoms with Crippen LogP contribution in [0.5, 0.6) is 0 Å². The highest BCUT2D eigenvalue weighted by molar-refractivity contribution is 5.90. The zero-order valence-corrected chi connectivity index (χ0v) is 32.5. The molecular weight excluding hydrogens is 698 g/mol. The molecule has 4 amide bonds. The smallest absolute Gasteiger partial charge is 0.326 e. The quantitative estimate of drug-likeness (QED) is 0.176. The summed E-state index contributed by atoms with van der Waals surface area (Å²) in [6.07, 6.45) is 10.5. The third kappa shape index (κ3) is 13.3. The molecule has 2 heterocycles. The first kappa shape index (κ1) is 42.6. The molecule has 1 aromatic rings. The van der Waals surface area contributed by atoms with Crippen molar-refractivity contribution in [1.29, 1.82) is 0 Å². The third-order valence-electron chi connectivity index (χ3n) is 10.3. The predicted molar refractivity (Wildman–Crippen MR) is 196 cm³/mol. The Labute approximate surface area is 318 Å². The van der Waals surface area contributed by atoms with E-state index in [4.69, 9.17) is 18.9 Å². The van der Waals surface area contributed by atoms with Crippen LogP contribution >= 0.6 is 0 Å². The molecule has 4 rings (SSSR count). The molecule has 3 aliphatic rings. The zero-order valence-electron chi connectivity index (χ0n) is 32.5. The summed E-state index contributed by atoms with van der Waals surface area (Å²) in [7, 11) is 2.95. The maximum Gasteiger partial charge on any atom is 0.326 e. The number of amides is 4. The van der Waals surface area contributed by atoms with E-state index in [1.165, 1.54) is 12.0 Å². The fourth-order valence-electron chi connectivity index (χ4n) is 7.50. The number of carbonyl (C=O) groups excluding carboxylic acids is 6. The Kier molecular flexibility index (Phi) is 16.2. The molecule has 0 bridgehead atoms. The van der Waals surface area contributed by atoms with Crippen LogP contribution in [-0.2, 0) is 47.7 Å². The standard InChI is InChI=1S/C39H59N5O10/c1-39(2,3)54-35(48)25-44(24-34(47)51-5)38(50)26-10-12-28(13-11-26)42-32(45)9-7-20-52-29-14-16-30(17-15-29)53-21-19-41-37(49)31-22-33(46)43(4)36(31)27-8-6-18-40-23-27/h6,8,18,23,26,28-31,36H,7,9-17,19-22,24-25H2,1-5H3,(H,41,49)(H,42,45)/t26?,28?,29?,30?,31-,36+/m0/s1. The van der Waals surface area contributed by atoms with E-state index in [1.54, 1.807) is 51.2 Å². The largest absolute Gasteiger partial charge is 0.468 e. The Balaban J connectivity index is 1.05. The molecule has 1 aromatic heterocycles. The van der Waals surface area contributed by atoms with Crippen molar-refractivity contribution in [2.75, 3.05) is 47.0 Å². The van der Waals surface area contributed by atoms with Crippen LogP contribution in [0.15, 0.2) is 24.5 Å². The van der Waals surface area contributed by atoms with Crippen LogP contribution in [0, 0.1) is 11.8 Å². The van der Waals surface area contributed by atoms with Gasteiger partial charge in [-0.15, -0.1) is 0 Å². The van der Waals surface area contributed by atoms with Crippen LogP contribution in [0.2, 0.25) is 0 Å². The Morgan fingerprint density at radius 2 is 1.57 bits per heavy atom. The van der Waals surface area contributed by atoms with Gasteiger partial charge in [0.05, 0.1) is 37.9 Å². The van der Waals surface area contributed by atoms with Gasteiger partial charge < -0.3 is 39.4 Å². The van der Waals surface area contributed by atoms with Gasteiger partial charge in [0, 0.05) is 57.4 Å². The maximum absolute atomic E-state index is 13.3. The molecule has 2 saturated carbocycles. The van der Waals surface area contributed by atoms with Crippen LogP contribution < -0.4 is 10.6 Å². The topological polar surface area (TPSA) is 183 Å². The second-order valence-electron chi connectivity index (χ2n) is 15.6. The summed E-state index contributed by atoms with van der Waals surface area (Å²) in [6, 6.07) is 3.32. The number of ether oxygens (including phenoxy) is 4. The molecule has 54 heavy (non-hydrogen) atoms. The van der Waals surface area contributed by atoms with Crippen molar-refractivity contribution in [2.45, 2.75) is 121 Å². The number of likely N-dealkylation sites (tertiary alicyclic amines) is 1. The highest BCUT2D eigenvalue weighted by Gasteiger charge is 2.42. The van der Waals surface area contributed by atoms with Gasteiger partial charge in [0.2, 0.25) is 23.6 Å². The molecule has 2 atom stereocenters. The van der Waals surface area contributed by atoms with E-state index in [1.807, 2.05) is 6.07 Å². The fraction of sp³-hybridized carbons (Fsp3) is 0.718. The lowest BCUT2D eigenvalue weighted by Crippen LogP contribution is -2.46. The molecular formula is C39H59N5O10. The first-order valence-corrected chi connectivity index (χ1v) is 19.3. The van der Waals surface area contributed by atoms with Crippen molar-refractivity contribution in [3.05, 3.63) is 30.1 Å². The van der Waals surface area contributed by atoms with Crippen molar-refractivity contribution < 1.29 is 47.7 Å². The molecule has 3 fully saturated rings. The molecule has 0 aromatic carbocycles. The fourth-order valence-corrected chi connectivity index (χ4v) is 7.50. The highest BCUT2D eigenvalue weighted by atomic mass is 16.6. The molecule has 1 aliphatic heterocycles. The van der Waals surface area contributed by atoms with Crippen LogP contribution in [0.4, 0.5) is 0 Å². The van der Waals surface area contributed by atoms with Crippen LogP contribution in [0.3, 0.4) is 0 Å². The lowest BCUT2D eigenvalue weighted by Gasteiger charge is -2.32. The minimum atomic E-state index is -0.718. The minimum absolute atomic E-state index is 0.0386. The molecule has 2 aliphatic carbocycles. The molecule has 2 N–H and O–H groups in total. The van der Waals surface area contributed by atoms with Crippen LogP contribution in [-0.4, -0.2) is 121 Å². The van der Waals surface area contributed by atoms with Gasteiger partial charge in [0.15, 0.2) is 0 Å². The van der Waals surface area contributed by atoms with Crippen molar-refractivity contribution >= 4 is 35.6 Å². The molecule has 15 heteroatoms. The number of carbonyl (C=O) groups is 6. The number of nitrogens with zero attached hydrogens (tertiary/aromatic N) is 3. The van der Waals surface area contributed by atoms with Gasteiger partial charge in [-0.1, -0.05) is 6.07 Å². The number of hydrogen-bond donors (Lipinski definition) is 2. The Morgan fingerprint density at radius 3 is 2.19 bits per heavy atom. The van der Waals surface area contributed by atoms with E-state index in [0.29, 0.717) is 58.3 Å². The van der Waals surface area contributed by atoms with E-state index >= 15 is 0 Å². The molecule has 0 radical (unpaired) electrons. The van der Waals surface area contributed by atoms with Crippen LogP contribution in [0.1, 0.15) is 103 Å². The number of rotatable bonds is 17. The third-order valence-corrected chi connectivity index (χ3v) is 10.3. The predicted octanol–water partition coefficient (Wildman–Crippen LogP) is 2.86. The Morgan fingerprint density at radius 1 is 0.926 bits per heavy atom. The van der Waals surface area contributed by atoms with Gasteiger partial charge in [-0.25, -0.2) is 0 Å². The average Bonchev–Trinajstić information content (AvgIpc) is 3.44. The molecule has 300 valence electrons. The first-order valence-electron chi connectivity index (χ1n) is 19.3. The zero-order chi connectivity index (χ0) is 39.3. The van der Waals surface area contributed by atoms with Gasteiger partial charge in [0.25, 0.3) is 0 Å². The second kappa shape index (κ2) is 20.5. The second-order valence-corrected chi connectivity index (χ2v) is 15.6. The average molecular weight is 758 g/mol. The minimum Gasteiger partial charge on any atom is -0.468 e. The van der Waals surface area contributed by atoms with Gasteiger partial charge >= 0.3 is 11.9 Å². The van der Waals surface area contributed by atoms with E-state index in [2.05, 4.69) is 15.6 Å². The lowest BCUT2D eigenvalue weighted by molar-refractivity contribution is -0.161. The van der Waals surface area contributed by atoms with Gasteiger partial charge in [-0.3, -0.25) is 33.8 Å². The first-order chi connectivity index (χ1) is 25.7. The number of hydrogen-bond acceptors (Lipinski definition) is 11. The number of pyridine rings is 1. The molecule has 0 unspecified atom stereocenters. The van der Waals surface area contributed by atoms with E-state index in [0.717, 1.165) is 31.2 Å². The summed E-state index contributed by atoms with van der Waals surface area (Å²) in [6.45, 7) is 5.80. The van der Waals surface area contributed by atoms with Gasteiger partial charge in [0.1, 0.15) is 18.7 Å². The number of methoxy groups -OCH3 is 1. The molecule has 15 nitrogen and oxygen atoms in total. The summed E-state index contributed by atoms with van der Waals surface area (Å²) in [4.78, 5) is 82.6. The van der Waals surface area contributed by atoms with Gasteiger partial charge in [-0.05, 0) is 90.2 Å². The monoisotopic (exact) mass is 757 g/mol. The summed E-state index contributed by atoms with van der Waals surface area (Å²) in [5, 5.41) is 6.03. The number of nitrogens with one attached hydrogen (secondary N) is 2. The number of aromatic nitrogens is 1. The summed E-state index contributed by atoms with van der Waals surface area (Å²) in [5.41, 5.74) is 0.126. The SMILES string of the molecule is COC(=O)CN(CC(=O)OC(C)(C)C)C(=O)C1CCC(NC(=O)CCCOC2CCC(OCCNC(=O)[C@H]3CC(=O)N(C)[C@@H]3c3cccnc3)CC2)CC1. The van der Waals surface area contributed by atoms with Crippen molar-refractivity contribution in [2.24, 2.45) is 11.8 Å². The van der Waals surface area contributed by atoms with E-state index < -0.39 is 23.5 Å². The van der Waals surface area contributed by atoms with Gasteiger partial charge in [-0.2, -0.15) is 0 Å². The Bertz CT molecular complexity index is 1420. The molecule has 1 saturated heterocycles. The Hall–Kier alpha value is -4.11. The van der Waals surface area contributed by atoms with Crippen molar-refractivity contribution in [1.82, 2.24) is 25.4 Å². The number of esters is 2. The van der Waals surface area contributed by atoms with E-state index in [9.17, 15) is 28.8 Å². The summed E-state index contributed by atoms with van der Waals surface area (Å²) in [5.74, 6) is -2.59. The summed E-state index contributed by atoms with van der Waals surface area (Å²) >= 11 is 0. The summed E-state index contributed by atoms with van der Waals surface area (Å²) < 4.78 is 22.2.